The number of ether oxygens (including phenoxy) is 1. The average molecular weight is 268 g/mol. The maximum absolute atomic E-state index is 12.2. The molecule has 0 aliphatic carbocycles. The van der Waals surface area contributed by atoms with Gasteiger partial charge in [0.2, 0.25) is 0 Å². The summed E-state index contributed by atoms with van der Waals surface area (Å²) in [5.74, 6) is -0.239. The number of hydrogen-bond acceptors (Lipinski definition) is 2. The van der Waals surface area contributed by atoms with E-state index in [0.717, 1.165) is 29.5 Å². The van der Waals surface area contributed by atoms with Crippen molar-refractivity contribution < 1.29 is 9.53 Å². The van der Waals surface area contributed by atoms with E-state index in [-0.39, 0.29) is 5.97 Å². The summed E-state index contributed by atoms with van der Waals surface area (Å²) in [6, 6.07) is 15.7. The predicted molar refractivity (Wildman–Crippen MR) is 81.8 cm³/mol. The van der Waals surface area contributed by atoms with Crippen molar-refractivity contribution in [1.29, 1.82) is 0 Å². The van der Waals surface area contributed by atoms with Crippen LogP contribution in [0.15, 0.2) is 48.5 Å². The van der Waals surface area contributed by atoms with E-state index in [0.29, 0.717) is 12.2 Å². The van der Waals surface area contributed by atoms with E-state index in [1.807, 2.05) is 42.5 Å². The topological polar surface area (TPSA) is 26.3 Å². The fourth-order valence-electron chi connectivity index (χ4n) is 2.16. The van der Waals surface area contributed by atoms with E-state index < -0.39 is 0 Å². The summed E-state index contributed by atoms with van der Waals surface area (Å²) in [4.78, 5) is 12.2. The third-order valence-electron chi connectivity index (χ3n) is 3.31. The van der Waals surface area contributed by atoms with Gasteiger partial charge in [-0.15, -0.1) is 0 Å². The first kappa shape index (κ1) is 14.3. The van der Waals surface area contributed by atoms with Crippen LogP contribution in [0.1, 0.15) is 35.7 Å². The van der Waals surface area contributed by atoms with Crippen molar-refractivity contribution in [3.8, 4) is 11.1 Å². The zero-order chi connectivity index (χ0) is 14.4. The molecule has 2 nitrogen and oxygen atoms in total. The van der Waals surface area contributed by atoms with E-state index in [1.54, 1.807) is 0 Å². The van der Waals surface area contributed by atoms with Gasteiger partial charge in [0.1, 0.15) is 0 Å². The molecule has 0 aliphatic rings. The largest absolute Gasteiger partial charge is 0.462 e. The van der Waals surface area contributed by atoms with Gasteiger partial charge < -0.3 is 4.74 Å². The number of hydrogen-bond donors (Lipinski definition) is 0. The molecule has 0 atom stereocenters. The molecule has 0 saturated heterocycles. The molecule has 0 saturated carbocycles. The van der Waals surface area contributed by atoms with Crippen molar-refractivity contribution in [2.75, 3.05) is 6.61 Å². The molecule has 2 aromatic rings. The van der Waals surface area contributed by atoms with Crippen molar-refractivity contribution in [3.63, 3.8) is 0 Å². The minimum absolute atomic E-state index is 0.239. The summed E-state index contributed by atoms with van der Waals surface area (Å²) in [6.07, 6.45) is 1.92. The van der Waals surface area contributed by atoms with Crippen molar-refractivity contribution in [2.24, 2.45) is 0 Å². The van der Waals surface area contributed by atoms with Gasteiger partial charge in [-0.25, -0.2) is 4.79 Å². The molecule has 20 heavy (non-hydrogen) atoms. The smallest absolute Gasteiger partial charge is 0.338 e. The second-order valence-electron chi connectivity index (χ2n) is 4.85. The second kappa shape index (κ2) is 6.90. The van der Waals surface area contributed by atoms with Gasteiger partial charge in [-0.3, -0.25) is 0 Å². The van der Waals surface area contributed by atoms with Gasteiger partial charge in [0.25, 0.3) is 0 Å². The second-order valence-corrected chi connectivity index (χ2v) is 4.85. The first-order valence-corrected chi connectivity index (χ1v) is 7.06. The first-order valence-electron chi connectivity index (χ1n) is 7.06. The number of rotatable bonds is 5. The van der Waals surface area contributed by atoms with Crippen LogP contribution in [-0.2, 0) is 4.74 Å². The lowest BCUT2D eigenvalue weighted by molar-refractivity contribution is 0.0500. The van der Waals surface area contributed by atoms with Crippen LogP contribution in [0.4, 0.5) is 0 Å². The van der Waals surface area contributed by atoms with E-state index in [9.17, 15) is 4.79 Å². The predicted octanol–water partition coefficient (Wildman–Crippen LogP) is 4.62. The molecule has 2 aromatic carbocycles. The molecular weight excluding hydrogens is 248 g/mol. The molecule has 104 valence electrons. The summed E-state index contributed by atoms with van der Waals surface area (Å²) in [6.45, 7) is 4.61. The summed E-state index contributed by atoms with van der Waals surface area (Å²) in [5, 5.41) is 0. The minimum Gasteiger partial charge on any atom is -0.462 e. The van der Waals surface area contributed by atoms with E-state index in [4.69, 9.17) is 4.74 Å². The molecule has 0 bridgehead atoms. The highest BCUT2D eigenvalue weighted by molar-refractivity contribution is 5.97. The van der Waals surface area contributed by atoms with Gasteiger partial charge in [0.15, 0.2) is 0 Å². The highest BCUT2D eigenvalue weighted by Crippen LogP contribution is 2.27. The van der Waals surface area contributed by atoms with Gasteiger partial charge in [0, 0.05) is 0 Å². The van der Waals surface area contributed by atoms with Crippen LogP contribution < -0.4 is 0 Å². The standard InChI is InChI=1S/C18H20O2/c1-3-4-13-20-18(19)17-12-8-7-11-16(17)15-10-6-5-9-14(15)2/h5-12H,3-4,13H2,1-2H3. The Morgan fingerprint density at radius 1 is 1.00 bits per heavy atom. The van der Waals surface area contributed by atoms with Crippen molar-refractivity contribution in [2.45, 2.75) is 26.7 Å². The summed E-state index contributed by atoms with van der Waals surface area (Å²) >= 11 is 0. The van der Waals surface area contributed by atoms with Gasteiger partial charge in [-0.1, -0.05) is 55.8 Å². The number of benzene rings is 2. The lowest BCUT2D eigenvalue weighted by Crippen LogP contribution is -2.08. The minimum atomic E-state index is -0.239. The normalized spacial score (nSPS) is 10.3. The van der Waals surface area contributed by atoms with Gasteiger partial charge in [0.05, 0.1) is 12.2 Å². The van der Waals surface area contributed by atoms with E-state index in [1.165, 1.54) is 0 Å². The third-order valence-corrected chi connectivity index (χ3v) is 3.31. The van der Waals surface area contributed by atoms with E-state index in [2.05, 4.69) is 19.9 Å². The molecule has 2 rings (SSSR count). The zero-order valence-corrected chi connectivity index (χ0v) is 12.1. The number of unbranched alkanes of at least 4 members (excludes halogenated alkanes) is 1. The number of carbonyl (C=O) groups excluding carboxylic acids is 1. The number of carbonyl (C=O) groups is 1. The molecule has 0 N–H and O–H groups in total. The Morgan fingerprint density at radius 3 is 2.35 bits per heavy atom. The summed E-state index contributed by atoms with van der Waals surface area (Å²) < 4.78 is 5.33. The number of aryl methyl sites for hydroxylation is 1. The van der Waals surface area contributed by atoms with Crippen LogP contribution in [-0.4, -0.2) is 12.6 Å². The Bertz CT molecular complexity index is 587. The van der Waals surface area contributed by atoms with Crippen molar-refractivity contribution in [1.82, 2.24) is 0 Å². The van der Waals surface area contributed by atoms with Crippen LogP contribution in [0.2, 0.25) is 0 Å². The molecule has 0 heterocycles. The van der Waals surface area contributed by atoms with Crippen molar-refractivity contribution >= 4 is 5.97 Å². The fraction of sp³-hybridized carbons (Fsp3) is 0.278. The molecule has 0 radical (unpaired) electrons. The van der Waals surface area contributed by atoms with Gasteiger partial charge in [-0.2, -0.15) is 0 Å². The Labute approximate surface area is 120 Å². The van der Waals surface area contributed by atoms with Crippen LogP contribution in [0.3, 0.4) is 0 Å². The molecule has 0 unspecified atom stereocenters. The third kappa shape index (κ3) is 3.27. The fourth-order valence-corrected chi connectivity index (χ4v) is 2.16. The summed E-state index contributed by atoms with van der Waals surface area (Å²) in [5.41, 5.74) is 3.81. The average Bonchev–Trinajstić information content (AvgIpc) is 2.48. The quantitative estimate of drug-likeness (QED) is 0.584. The maximum atomic E-state index is 12.2. The highest BCUT2D eigenvalue weighted by Gasteiger charge is 2.14. The Balaban J connectivity index is 2.31. The van der Waals surface area contributed by atoms with Crippen LogP contribution >= 0.6 is 0 Å². The number of esters is 1. The van der Waals surface area contributed by atoms with E-state index >= 15 is 0 Å². The Kier molecular flexibility index (Phi) is 4.94. The molecule has 2 heteroatoms. The first-order chi connectivity index (χ1) is 9.74. The molecule has 0 aromatic heterocycles. The Morgan fingerprint density at radius 2 is 1.65 bits per heavy atom. The molecule has 0 fully saturated rings. The van der Waals surface area contributed by atoms with Gasteiger partial charge >= 0.3 is 5.97 Å². The van der Waals surface area contributed by atoms with Crippen LogP contribution in [0, 0.1) is 6.92 Å². The summed E-state index contributed by atoms with van der Waals surface area (Å²) in [7, 11) is 0. The molecule has 0 spiro atoms. The van der Waals surface area contributed by atoms with Crippen molar-refractivity contribution in [3.05, 3.63) is 59.7 Å². The maximum Gasteiger partial charge on any atom is 0.338 e. The van der Waals surface area contributed by atoms with Crippen LogP contribution in [0.25, 0.3) is 11.1 Å². The van der Waals surface area contributed by atoms with Crippen LogP contribution in [0.5, 0.6) is 0 Å². The van der Waals surface area contributed by atoms with Gasteiger partial charge in [-0.05, 0) is 36.1 Å². The molecule has 0 amide bonds. The lowest BCUT2D eigenvalue weighted by Gasteiger charge is -2.11. The molecular formula is C18H20O2. The SMILES string of the molecule is CCCCOC(=O)c1ccccc1-c1ccccc1C. The monoisotopic (exact) mass is 268 g/mol. The Hall–Kier alpha value is -2.09. The lowest BCUT2D eigenvalue weighted by atomic mass is 9.96. The molecule has 0 aliphatic heterocycles. The zero-order valence-electron chi connectivity index (χ0n) is 12.1. The highest BCUT2D eigenvalue weighted by atomic mass is 16.5.